The molecule has 2 aliphatic rings. The van der Waals surface area contributed by atoms with Crippen molar-refractivity contribution in [1.29, 1.82) is 0 Å². The van der Waals surface area contributed by atoms with E-state index in [1.807, 2.05) is 49.3 Å². The zero-order valence-electron chi connectivity index (χ0n) is 26.1. The SMILES string of the molecule is CN(C)c1ccc(C(=O)OC(Cc2cccc3oc(=O)c4c(c23)CCCC4)C(O)c2cccc3oc(=O)c4c(c23)CCCC4)cc1. The van der Waals surface area contributed by atoms with Crippen molar-refractivity contribution in [2.45, 2.75) is 70.0 Å². The molecular formula is C38H37NO7. The Bertz CT molecular complexity index is 2070. The van der Waals surface area contributed by atoms with Crippen molar-refractivity contribution in [1.82, 2.24) is 0 Å². The van der Waals surface area contributed by atoms with E-state index in [-0.39, 0.29) is 17.7 Å². The Balaban J connectivity index is 1.35. The first kappa shape index (κ1) is 30.0. The van der Waals surface area contributed by atoms with Crippen molar-refractivity contribution in [3.8, 4) is 0 Å². The maximum Gasteiger partial charge on any atom is 0.339 e. The first-order chi connectivity index (χ1) is 22.3. The maximum absolute atomic E-state index is 13.7. The summed E-state index contributed by atoms with van der Waals surface area (Å²) in [6.45, 7) is 0. The normalized spacial score (nSPS) is 15.6. The van der Waals surface area contributed by atoms with E-state index in [2.05, 4.69) is 0 Å². The van der Waals surface area contributed by atoms with Crippen LogP contribution in [0.25, 0.3) is 21.9 Å². The number of carbonyl (C=O) groups excluding carboxylic acids is 1. The van der Waals surface area contributed by atoms with E-state index in [1.165, 1.54) is 0 Å². The number of hydrogen-bond acceptors (Lipinski definition) is 8. The molecule has 0 radical (unpaired) electrons. The summed E-state index contributed by atoms with van der Waals surface area (Å²) in [5.74, 6) is -0.558. The fourth-order valence-electron chi connectivity index (χ4n) is 7.25. The van der Waals surface area contributed by atoms with Gasteiger partial charge in [0.15, 0.2) is 0 Å². The highest BCUT2D eigenvalue weighted by Gasteiger charge is 2.31. The summed E-state index contributed by atoms with van der Waals surface area (Å²) in [5.41, 5.74) is 6.19. The van der Waals surface area contributed by atoms with Gasteiger partial charge in [-0.3, -0.25) is 0 Å². The molecule has 0 aliphatic heterocycles. The topological polar surface area (TPSA) is 110 Å². The third kappa shape index (κ3) is 5.41. The standard InChI is InChI=1S/C38H37NO7/c1-39(2)24-19-17-22(18-20-24)36(41)46-32(21-23-9-7-15-30-33(23)25-10-3-5-12-27(25)37(42)44-30)35(40)29-14-8-16-31-34(29)26-11-4-6-13-28(26)38(43)45-31/h7-9,14-20,32,35,40H,3-6,10-13,21H2,1-2H3. The van der Waals surface area contributed by atoms with E-state index in [0.717, 1.165) is 59.9 Å². The smallest absolute Gasteiger partial charge is 0.339 e. The molecule has 0 spiro atoms. The second-order valence-corrected chi connectivity index (χ2v) is 12.7. The number of benzene rings is 3. The molecule has 46 heavy (non-hydrogen) atoms. The van der Waals surface area contributed by atoms with Crippen LogP contribution in [0.15, 0.2) is 79.1 Å². The van der Waals surface area contributed by atoms with Gasteiger partial charge in [0.05, 0.1) is 5.56 Å². The Kier molecular flexibility index (Phi) is 7.99. The summed E-state index contributed by atoms with van der Waals surface area (Å²) in [5, 5.41) is 13.8. The average Bonchev–Trinajstić information content (AvgIpc) is 3.07. The number of rotatable bonds is 7. The summed E-state index contributed by atoms with van der Waals surface area (Å²) in [6.07, 6.45) is 4.43. The predicted octanol–water partition coefficient (Wildman–Crippen LogP) is 6.22. The highest BCUT2D eigenvalue weighted by Crippen LogP contribution is 2.36. The van der Waals surface area contributed by atoms with E-state index in [9.17, 15) is 19.5 Å². The molecule has 236 valence electrons. The van der Waals surface area contributed by atoms with Gasteiger partial charge in [-0.15, -0.1) is 0 Å². The van der Waals surface area contributed by atoms with Gasteiger partial charge in [0.2, 0.25) is 0 Å². The number of carbonyl (C=O) groups is 1. The van der Waals surface area contributed by atoms with Gasteiger partial charge in [-0.05, 0) is 110 Å². The van der Waals surface area contributed by atoms with Gasteiger partial charge in [-0.1, -0.05) is 24.3 Å². The Labute approximate surface area is 266 Å². The third-order valence-electron chi connectivity index (χ3n) is 9.58. The van der Waals surface area contributed by atoms with Crippen molar-refractivity contribution in [3.63, 3.8) is 0 Å². The molecule has 0 amide bonds. The van der Waals surface area contributed by atoms with Crippen LogP contribution >= 0.6 is 0 Å². The molecule has 8 nitrogen and oxygen atoms in total. The van der Waals surface area contributed by atoms with E-state index in [0.29, 0.717) is 58.1 Å². The largest absolute Gasteiger partial charge is 0.455 e. The summed E-state index contributed by atoms with van der Waals surface area (Å²) >= 11 is 0. The third-order valence-corrected chi connectivity index (χ3v) is 9.58. The van der Waals surface area contributed by atoms with Crippen molar-refractivity contribution in [3.05, 3.63) is 120 Å². The van der Waals surface area contributed by atoms with E-state index >= 15 is 0 Å². The number of esters is 1. The van der Waals surface area contributed by atoms with Crippen molar-refractivity contribution < 1.29 is 23.5 Å². The number of aliphatic hydroxyl groups excluding tert-OH is 1. The highest BCUT2D eigenvalue weighted by molar-refractivity contribution is 5.90. The van der Waals surface area contributed by atoms with Crippen LogP contribution in [0.5, 0.6) is 0 Å². The monoisotopic (exact) mass is 619 g/mol. The van der Waals surface area contributed by atoms with Gasteiger partial charge in [0.1, 0.15) is 23.4 Å². The van der Waals surface area contributed by atoms with Crippen molar-refractivity contribution in [2.24, 2.45) is 0 Å². The highest BCUT2D eigenvalue weighted by atomic mass is 16.6. The Hall–Kier alpha value is -4.69. The fraction of sp³-hybridized carbons (Fsp3) is 0.342. The summed E-state index contributed by atoms with van der Waals surface area (Å²) < 4.78 is 17.7. The average molecular weight is 620 g/mol. The lowest BCUT2D eigenvalue weighted by atomic mass is 9.85. The zero-order chi connectivity index (χ0) is 31.9. The van der Waals surface area contributed by atoms with Crippen LogP contribution in [0.3, 0.4) is 0 Å². The lowest BCUT2D eigenvalue weighted by Crippen LogP contribution is -2.29. The molecule has 0 bridgehead atoms. The van der Waals surface area contributed by atoms with Crippen molar-refractivity contribution in [2.75, 3.05) is 19.0 Å². The second kappa shape index (κ2) is 12.2. The van der Waals surface area contributed by atoms with Gasteiger partial charge in [0, 0.05) is 48.1 Å². The molecular weight excluding hydrogens is 582 g/mol. The quantitative estimate of drug-likeness (QED) is 0.169. The Morgan fingerprint density at radius 3 is 1.91 bits per heavy atom. The minimum Gasteiger partial charge on any atom is -0.455 e. The molecule has 0 saturated heterocycles. The first-order valence-electron chi connectivity index (χ1n) is 16.1. The van der Waals surface area contributed by atoms with Crippen LogP contribution in [0, 0.1) is 0 Å². The van der Waals surface area contributed by atoms with Gasteiger partial charge in [-0.25, -0.2) is 14.4 Å². The second-order valence-electron chi connectivity index (χ2n) is 12.7. The van der Waals surface area contributed by atoms with Crippen LogP contribution < -0.4 is 16.2 Å². The molecule has 1 N–H and O–H groups in total. The molecule has 2 aliphatic carbocycles. The first-order valence-corrected chi connectivity index (χ1v) is 16.1. The Morgan fingerprint density at radius 2 is 1.30 bits per heavy atom. The number of anilines is 1. The van der Waals surface area contributed by atoms with Crippen LogP contribution in [0.1, 0.15) is 75.5 Å². The Morgan fingerprint density at radius 1 is 0.761 bits per heavy atom. The molecule has 3 aromatic carbocycles. The van der Waals surface area contributed by atoms with E-state index in [4.69, 9.17) is 13.6 Å². The summed E-state index contributed by atoms with van der Waals surface area (Å²) in [6, 6.07) is 18.0. The number of fused-ring (bicyclic) bond motifs is 6. The molecule has 5 aromatic rings. The number of aliphatic hydroxyl groups is 1. The molecule has 2 atom stereocenters. The fourth-order valence-corrected chi connectivity index (χ4v) is 7.25. The minimum atomic E-state index is -1.24. The number of hydrogen-bond donors (Lipinski definition) is 1. The maximum atomic E-state index is 13.7. The van der Waals surface area contributed by atoms with Gasteiger partial charge < -0.3 is 23.6 Å². The molecule has 8 heteroatoms. The van der Waals surface area contributed by atoms with E-state index < -0.39 is 18.2 Å². The van der Waals surface area contributed by atoms with Gasteiger partial charge >= 0.3 is 17.2 Å². The molecule has 7 rings (SSSR count). The molecule has 0 fully saturated rings. The number of nitrogens with zero attached hydrogens (tertiary/aromatic N) is 1. The van der Waals surface area contributed by atoms with E-state index in [1.54, 1.807) is 30.3 Å². The minimum absolute atomic E-state index is 0.176. The zero-order valence-corrected chi connectivity index (χ0v) is 26.1. The molecule has 2 unspecified atom stereocenters. The van der Waals surface area contributed by atoms with Crippen molar-refractivity contribution >= 4 is 33.6 Å². The summed E-state index contributed by atoms with van der Waals surface area (Å²) in [4.78, 5) is 41.3. The van der Waals surface area contributed by atoms with Gasteiger partial charge in [0.25, 0.3) is 0 Å². The van der Waals surface area contributed by atoms with Crippen LogP contribution in [-0.4, -0.2) is 31.3 Å². The molecule has 2 heterocycles. The number of aryl methyl sites for hydroxylation is 2. The number of ether oxygens (including phenoxy) is 1. The molecule has 0 saturated carbocycles. The predicted molar refractivity (Wildman–Crippen MR) is 177 cm³/mol. The van der Waals surface area contributed by atoms with Crippen LogP contribution in [-0.2, 0) is 36.8 Å². The van der Waals surface area contributed by atoms with Gasteiger partial charge in [-0.2, -0.15) is 0 Å². The lowest BCUT2D eigenvalue weighted by molar-refractivity contribution is -0.0185. The summed E-state index contributed by atoms with van der Waals surface area (Å²) in [7, 11) is 3.85. The van der Waals surface area contributed by atoms with Crippen LogP contribution in [0.2, 0.25) is 0 Å². The van der Waals surface area contributed by atoms with Crippen LogP contribution in [0.4, 0.5) is 5.69 Å². The molecule has 2 aromatic heterocycles. The lowest BCUT2D eigenvalue weighted by Gasteiger charge is -2.27.